The van der Waals surface area contributed by atoms with Crippen molar-refractivity contribution in [3.8, 4) is 0 Å². The van der Waals surface area contributed by atoms with Crippen LogP contribution in [0.3, 0.4) is 0 Å². The summed E-state index contributed by atoms with van der Waals surface area (Å²) in [4.78, 5) is 33.9. The van der Waals surface area contributed by atoms with Crippen LogP contribution in [-0.2, 0) is 14.4 Å². The third-order valence-electron chi connectivity index (χ3n) is 2.39. The van der Waals surface area contributed by atoms with Gasteiger partial charge in [0.2, 0.25) is 0 Å². The van der Waals surface area contributed by atoms with Gasteiger partial charge < -0.3 is 5.11 Å². The zero-order valence-corrected chi connectivity index (χ0v) is 9.88. The van der Waals surface area contributed by atoms with E-state index in [9.17, 15) is 14.4 Å². The van der Waals surface area contributed by atoms with Gasteiger partial charge >= 0.3 is 24.8 Å². The number of aliphatic carboxylic acids is 1. The zero-order valence-electron chi connectivity index (χ0n) is 9.88. The molecule has 0 bridgehead atoms. The summed E-state index contributed by atoms with van der Waals surface area (Å²) >= 11 is 0. The number of hydrogen-bond donors (Lipinski definition) is 1. The molecule has 0 aromatic carbocycles. The fraction of sp³-hybridized carbons (Fsp3) is 0.727. The Morgan fingerprint density at radius 3 is 1.56 bits per heavy atom. The second-order valence-corrected chi connectivity index (χ2v) is 5.20. The fourth-order valence-corrected chi connectivity index (χ4v) is 0.751. The average Bonchev–Trinajstić information content (AvgIpc) is 2.01. The van der Waals surface area contributed by atoms with Crippen molar-refractivity contribution < 1.29 is 19.5 Å². The maximum absolute atomic E-state index is 11.6. The van der Waals surface area contributed by atoms with E-state index >= 15 is 0 Å². The molecule has 0 heterocycles. The molecule has 0 aliphatic rings. The van der Waals surface area contributed by atoms with Crippen molar-refractivity contribution >= 4 is 36.4 Å². The molecule has 1 N–H and O–H groups in total. The van der Waals surface area contributed by atoms with Crippen molar-refractivity contribution in [1.82, 2.24) is 0 Å². The molecule has 0 aromatic heterocycles. The molecule has 0 aliphatic heterocycles. The molecule has 0 spiro atoms. The Labute approximate surface area is 108 Å². The quantitative estimate of drug-likeness (QED) is 0.569. The van der Waals surface area contributed by atoms with Crippen LogP contribution in [0.25, 0.3) is 0 Å². The summed E-state index contributed by atoms with van der Waals surface area (Å²) in [6.45, 7) is 7.74. The van der Waals surface area contributed by atoms with Crippen LogP contribution in [0, 0.1) is 10.8 Å². The van der Waals surface area contributed by atoms with Gasteiger partial charge in [-0.2, -0.15) is 0 Å². The number of hydrogen-bond acceptors (Lipinski definition) is 3. The molecule has 0 aliphatic carbocycles. The van der Waals surface area contributed by atoms with Crippen molar-refractivity contribution in [2.45, 2.75) is 41.0 Å². The predicted molar refractivity (Wildman–Crippen MR) is 62.7 cm³/mol. The summed E-state index contributed by atoms with van der Waals surface area (Å²) < 4.78 is 0. The van der Waals surface area contributed by atoms with Crippen LogP contribution in [-0.4, -0.2) is 41.5 Å². The zero-order chi connectivity index (χ0) is 12.4. The van der Waals surface area contributed by atoms with Crippen molar-refractivity contribution in [3.05, 3.63) is 0 Å². The molecule has 0 saturated carbocycles. The van der Waals surface area contributed by atoms with Crippen LogP contribution in [0.4, 0.5) is 0 Å². The van der Waals surface area contributed by atoms with Crippen LogP contribution in [0.1, 0.15) is 41.0 Å². The van der Waals surface area contributed by atoms with E-state index in [0.29, 0.717) is 0 Å². The van der Waals surface area contributed by atoms with Gasteiger partial charge in [-0.3, -0.25) is 14.4 Å². The van der Waals surface area contributed by atoms with Gasteiger partial charge in [0, 0.05) is 5.41 Å². The third kappa shape index (κ3) is 4.50. The Morgan fingerprint density at radius 2 is 1.31 bits per heavy atom. The van der Waals surface area contributed by atoms with Crippen LogP contribution in [0.5, 0.6) is 0 Å². The van der Waals surface area contributed by atoms with Crippen molar-refractivity contribution in [2.75, 3.05) is 0 Å². The van der Waals surface area contributed by atoms with Gasteiger partial charge in [0.05, 0.1) is 6.42 Å². The molecular weight excluding hydrogens is 203 g/mol. The minimum atomic E-state index is -1.49. The molecule has 0 fully saturated rings. The molecule has 88 valence electrons. The second kappa shape index (κ2) is 5.65. The normalized spacial score (nSPS) is 11.6. The summed E-state index contributed by atoms with van der Waals surface area (Å²) in [5.74, 6) is -1.98. The van der Waals surface area contributed by atoms with Crippen LogP contribution >= 0.6 is 0 Å². The van der Waals surface area contributed by atoms with E-state index < -0.39 is 22.6 Å². The molecule has 0 aromatic rings. The topological polar surface area (TPSA) is 71.4 Å². The molecule has 4 nitrogen and oxygen atoms in total. The maximum atomic E-state index is 11.6. The van der Waals surface area contributed by atoms with E-state index in [1.54, 1.807) is 20.8 Å². The summed E-state index contributed by atoms with van der Waals surface area (Å²) in [5, 5.41) is 8.80. The van der Waals surface area contributed by atoms with Crippen molar-refractivity contribution in [1.29, 1.82) is 0 Å². The Balaban J connectivity index is 0. The number of carboxylic acid groups (broad SMARTS) is 1. The molecule has 0 unspecified atom stereocenters. The first-order valence-corrected chi connectivity index (χ1v) is 4.79. The number of carbonyl (C=O) groups excluding carboxylic acids is 2. The first kappa shape index (κ1) is 17.8. The summed E-state index contributed by atoms with van der Waals surface area (Å²) in [6.07, 6.45) is -0.317. The number of carboxylic acids is 1. The van der Waals surface area contributed by atoms with E-state index in [4.69, 9.17) is 5.11 Å². The first-order chi connectivity index (χ1) is 6.49. The predicted octanol–water partition coefficient (Wildman–Crippen LogP) is 1.02. The third-order valence-corrected chi connectivity index (χ3v) is 2.39. The number of Topliss-reactive ketones (excluding diaryl/α,β-unsaturated/α-hetero) is 2. The minimum absolute atomic E-state index is 0. The number of ketones is 2. The standard InChI is InChI=1S/C11H18O4.Li.H/c1-10(2,3)7(12)6-8(13)11(4,5)9(14)15;;/h6H2,1-5H3,(H,14,15);;. The van der Waals surface area contributed by atoms with Gasteiger partial charge in [-0.25, -0.2) is 0 Å². The Hall–Kier alpha value is -0.593. The molecule has 0 atom stereocenters. The second-order valence-electron chi connectivity index (χ2n) is 5.20. The van der Waals surface area contributed by atoms with E-state index in [2.05, 4.69) is 0 Å². The van der Waals surface area contributed by atoms with E-state index in [-0.39, 0.29) is 31.1 Å². The van der Waals surface area contributed by atoms with Crippen molar-refractivity contribution in [3.63, 3.8) is 0 Å². The van der Waals surface area contributed by atoms with Gasteiger partial charge in [0.1, 0.15) is 11.2 Å². The van der Waals surface area contributed by atoms with Crippen LogP contribution in [0.15, 0.2) is 0 Å². The molecule has 5 heteroatoms. The number of carbonyl (C=O) groups is 3. The van der Waals surface area contributed by atoms with Gasteiger partial charge in [-0.05, 0) is 13.8 Å². The molecule has 0 radical (unpaired) electrons. The SMILES string of the molecule is CC(C)(C)C(=O)CC(=O)C(C)(C)C(=O)O.[LiH]. The van der Waals surface area contributed by atoms with Crippen LogP contribution in [0.2, 0.25) is 0 Å². The first-order valence-electron chi connectivity index (χ1n) is 4.79. The monoisotopic (exact) mass is 222 g/mol. The van der Waals surface area contributed by atoms with E-state index in [1.807, 2.05) is 0 Å². The van der Waals surface area contributed by atoms with Gasteiger partial charge in [-0.15, -0.1) is 0 Å². The van der Waals surface area contributed by atoms with Gasteiger partial charge in [-0.1, -0.05) is 20.8 Å². The van der Waals surface area contributed by atoms with E-state index in [0.717, 1.165) is 0 Å². The number of rotatable bonds is 4. The Bertz CT molecular complexity index is 300. The fourth-order valence-electron chi connectivity index (χ4n) is 0.751. The molecule has 16 heavy (non-hydrogen) atoms. The van der Waals surface area contributed by atoms with Gasteiger partial charge in [0.25, 0.3) is 0 Å². The molecular formula is C11H19LiO4. The average molecular weight is 222 g/mol. The van der Waals surface area contributed by atoms with Crippen molar-refractivity contribution in [2.24, 2.45) is 10.8 Å². The Kier molecular flexibility index (Phi) is 6.28. The summed E-state index contributed by atoms with van der Waals surface area (Å²) in [7, 11) is 0. The summed E-state index contributed by atoms with van der Waals surface area (Å²) in [5.41, 5.74) is -2.09. The molecule has 0 saturated heterocycles. The Morgan fingerprint density at radius 1 is 0.938 bits per heavy atom. The summed E-state index contributed by atoms with van der Waals surface area (Å²) in [6, 6.07) is 0. The van der Waals surface area contributed by atoms with Gasteiger partial charge in [0.15, 0.2) is 5.78 Å². The molecule has 0 amide bonds. The van der Waals surface area contributed by atoms with Crippen LogP contribution < -0.4 is 0 Å². The molecule has 0 rings (SSSR count). The van der Waals surface area contributed by atoms with E-state index in [1.165, 1.54) is 13.8 Å².